The zero-order chi connectivity index (χ0) is 12.6. The minimum absolute atomic E-state index is 0.0684. The molecule has 90 valence electrons. The molecule has 1 atom stereocenters. The zero-order valence-electron chi connectivity index (χ0n) is 10.5. The van der Waals surface area contributed by atoms with Crippen LogP contribution in [0.1, 0.15) is 25.8 Å². The molecule has 0 spiro atoms. The van der Waals surface area contributed by atoms with Crippen LogP contribution in [0.15, 0.2) is 22.7 Å². The SMILES string of the molecule is Cc1cc(Br)ccc1N1CC(C#N)CC1(C)C. The zero-order valence-corrected chi connectivity index (χ0v) is 12.1. The Balaban J connectivity index is 2.37. The van der Waals surface area contributed by atoms with E-state index >= 15 is 0 Å². The van der Waals surface area contributed by atoms with Gasteiger partial charge < -0.3 is 4.90 Å². The van der Waals surface area contributed by atoms with E-state index in [1.165, 1.54) is 11.3 Å². The summed E-state index contributed by atoms with van der Waals surface area (Å²) < 4.78 is 1.10. The summed E-state index contributed by atoms with van der Waals surface area (Å²) in [5, 5.41) is 9.09. The Bertz CT molecular complexity index is 474. The molecular weight excluding hydrogens is 276 g/mol. The molecule has 1 heterocycles. The summed E-state index contributed by atoms with van der Waals surface area (Å²) in [6.45, 7) is 7.39. The number of benzene rings is 1. The molecule has 2 nitrogen and oxygen atoms in total. The third-order valence-electron chi connectivity index (χ3n) is 3.51. The first-order chi connectivity index (χ1) is 7.94. The Morgan fingerprint density at radius 1 is 1.47 bits per heavy atom. The second-order valence-electron chi connectivity index (χ2n) is 5.38. The highest BCUT2D eigenvalue weighted by atomic mass is 79.9. The molecule has 1 aromatic rings. The second kappa shape index (κ2) is 4.34. The monoisotopic (exact) mass is 292 g/mol. The van der Waals surface area contributed by atoms with Crippen LogP contribution in [0.2, 0.25) is 0 Å². The quantitative estimate of drug-likeness (QED) is 0.785. The van der Waals surface area contributed by atoms with Gasteiger partial charge in [0.05, 0.1) is 12.0 Å². The van der Waals surface area contributed by atoms with E-state index in [0.29, 0.717) is 0 Å². The van der Waals surface area contributed by atoms with Crippen LogP contribution in [0.5, 0.6) is 0 Å². The van der Waals surface area contributed by atoms with Crippen LogP contribution < -0.4 is 4.90 Å². The molecular formula is C14H17BrN2. The number of nitriles is 1. The van der Waals surface area contributed by atoms with E-state index in [1.54, 1.807) is 0 Å². The van der Waals surface area contributed by atoms with Crippen molar-refractivity contribution in [2.24, 2.45) is 5.92 Å². The van der Waals surface area contributed by atoms with Crippen LogP contribution in [0, 0.1) is 24.2 Å². The average Bonchev–Trinajstić information content (AvgIpc) is 2.54. The molecule has 0 aromatic heterocycles. The van der Waals surface area contributed by atoms with Crippen LogP contribution in [0.3, 0.4) is 0 Å². The van der Waals surface area contributed by atoms with E-state index in [2.05, 4.69) is 65.9 Å². The fourth-order valence-electron chi connectivity index (χ4n) is 2.68. The first-order valence-corrected chi connectivity index (χ1v) is 6.67. The third kappa shape index (κ3) is 2.32. The van der Waals surface area contributed by atoms with Gasteiger partial charge in [0, 0.05) is 22.2 Å². The molecule has 1 aliphatic rings. The van der Waals surface area contributed by atoms with E-state index < -0.39 is 0 Å². The summed E-state index contributed by atoms with van der Waals surface area (Å²) in [5.41, 5.74) is 2.57. The normalized spacial score (nSPS) is 22.5. The van der Waals surface area contributed by atoms with Crippen LogP contribution in [-0.2, 0) is 0 Å². The number of rotatable bonds is 1. The fourth-order valence-corrected chi connectivity index (χ4v) is 3.15. The third-order valence-corrected chi connectivity index (χ3v) is 4.01. The van der Waals surface area contributed by atoms with E-state index in [0.717, 1.165) is 17.4 Å². The van der Waals surface area contributed by atoms with Gasteiger partial charge in [0.2, 0.25) is 0 Å². The van der Waals surface area contributed by atoms with Crippen LogP contribution in [0.25, 0.3) is 0 Å². The molecule has 1 unspecified atom stereocenters. The molecule has 0 amide bonds. The lowest BCUT2D eigenvalue weighted by Crippen LogP contribution is -2.38. The van der Waals surface area contributed by atoms with Gasteiger partial charge >= 0.3 is 0 Å². The fraction of sp³-hybridized carbons (Fsp3) is 0.500. The smallest absolute Gasteiger partial charge is 0.0675 e. The highest BCUT2D eigenvalue weighted by molar-refractivity contribution is 9.10. The van der Waals surface area contributed by atoms with Gasteiger partial charge in [-0.2, -0.15) is 5.26 Å². The van der Waals surface area contributed by atoms with Gasteiger partial charge in [0.15, 0.2) is 0 Å². The lowest BCUT2D eigenvalue weighted by molar-refractivity contribution is 0.502. The number of hydrogen-bond donors (Lipinski definition) is 0. The van der Waals surface area contributed by atoms with Gasteiger partial charge in [0.1, 0.15) is 0 Å². The summed E-state index contributed by atoms with van der Waals surface area (Å²) in [5.74, 6) is 0.146. The second-order valence-corrected chi connectivity index (χ2v) is 6.30. The Hall–Kier alpha value is -1.01. The number of nitrogens with zero attached hydrogens (tertiary/aromatic N) is 2. The highest BCUT2D eigenvalue weighted by Crippen LogP contribution is 2.38. The molecule has 0 saturated carbocycles. The van der Waals surface area contributed by atoms with Crippen molar-refractivity contribution in [3.63, 3.8) is 0 Å². The summed E-state index contributed by atoms with van der Waals surface area (Å²) in [4.78, 5) is 2.36. The molecule has 3 heteroatoms. The van der Waals surface area contributed by atoms with Crippen molar-refractivity contribution < 1.29 is 0 Å². The number of hydrogen-bond acceptors (Lipinski definition) is 2. The van der Waals surface area contributed by atoms with E-state index in [9.17, 15) is 0 Å². The molecule has 0 bridgehead atoms. The van der Waals surface area contributed by atoms with E-state index in [-0.39, 0.29) is 11.5 Å². The summed E-state index contributed by atoms with van der Waals surface area (Å²) >= 11 is 3.49. The molecule has 0 aliphatic carbocycles. The van der Waals surface area contributed by atoms with Gasteiger partial charge in [-0.3, -0.25) is 0 Å². The highest BCUT2D eigenvalue weighted by Gasteiger charge is 2.38. The average molecular weight is 293 g/mol. The van der Waals surface area contributed by atoms with Crippen LogP contribution >= 0.6 is 15.9 Å². The largest absolute Gasteiger partial charge is 0.365 e. The standard InChI is InChI=1S/C14H17BrN2/c1-10-6-12(15)4-5-13(10)17-9-11(8-16)7-14(17,2)3/h4-6,11H,7,9H2,1-3H3. The van der Waals surface area contributed by atoms with Crippen molar-refractivity contribution in [3.05, 3.63) is 28.2 Å². The minimum Gasteiger partial charge on any atom is -0.365 e. The molecule has 1 saturated heterocycles. The summed E-state index contributed by atoms with van der Waals surface area (Å²) in [7, 11) is 0. The van der Waals surface area contributed by atoms with Crippen LogP contribution in [0.4, 0.5) is 5.69 Å². The van der Waals surface area contributed by atoms with Crippen molar-refractivity contribution >= 4 is 21.6 Å². The molecule has 1 aromatic carbocycles. The lowest BCUT2D eigenvalue weighted by Gasteiger charge is -2.34. The Morgan fingerprint density at radius 2 is 2.18 bits per heavy atom. The van der Waals surface area contributed by atoms with Crippen molar-refractivity contribution in [1.29, 1.82) is 5.26 Å². The topological polar surface area (TPSA) is 27.0 Å². The first-order valence-electron chi connectivity index (χ1n) is 5.87. The van der Waals surface area contributed by atoms with Crippen molar-refractivity contribution in [3.8, 4) is 6.07 Å². The van der Waals surface area contributed by atoms with Gasteiger partial charge in [-0.1, -0.05) is 15.9 Å². The van der Waals surface area contributed by atoms with Gasteiger partial charge in [-0.05, 0) is 51.0 Å². The maximum Gasteiger partial charge on any atom is 0.0675 e. The summed E-state index contributed by atoms with van der Waals surface area (Å²) in [6, 6.07) is 8.74. The molecule has 17 heavy (non-hydrogen) atoms. The van der Waals surface area contributed by atoms with E-state index in [4.69, 9.17) is 5.26 Å². The number of aryl methyl sites for hydroxylation is 1. The maximum atomic E-state index is 9.09. The molecule has 1 aliphatic heterocycles. The van der Waals surface area contributed by atoms with Crippen molar-refractivity contribution in [2.75, 3.05) is 11.4 Å². The van der Waals surface area contributed by atoms with Gasteiger partial charge in [-0.25, -0.2) is 0 Å². The van der Waals surface area contributed by atoms with Crippen molar-refractivity contribution in [1.82, 2.24) is 0 Å². The summed E-state index contributed by atoms with van der Waals surface area (Å²) in [6.07, 6.45) is 0.943. The predicted molar refractivity (Wildman–Crippen MR) is 74.0 cm³/mol. The Morgan fingerprint density at radius 3 is 2.71 bits per heavy atom. The lowest BCUT2D eigenvalue weighted by atomic mass is 9.97. The van der Waals surface area contributed by atoms with Crippen molar-refractivity contribution in [2.45, 2.75) is 32.7 Å². The first kappa shape index (κ1) is 12.4. The predicted octanol–water partition coefficient (Wildman–Crippen LogP) is 3.89. The number of halogens is 1. The molecule has 2 rings (SSSR count). The Labute approximate surface area is 111 Å². The minimum atomic E-state index is 0.0684. The molecule has 0 radical (unpaired) electrons. The number of anilines is 1. The van der Waals surface area contributed by atoms with Gasteiger partial charge in [-0.15, -0.1) is 0 Å². The molecule has 1 fully saturated rings. The van der Waals surface area contributed by atoms with Gasteiger partial charge in [0.25, 0.3) is 0 Å². The molecule has 0 N–H and O–H groups in total. The van der Waals surface area contributed by atoms with Crippen LogP contribution in [-0.4, -0.2) is 12.1 Å². The van der Waals surface area contributed by atoms with E-state index in [1.807, 2.05) is 0 Å². The Kier molecular flexibility index (Phi) is 3.18. The maximum absolute atomic E-state index is 9.09.